The summed E-state index contributed by atoms with van der Waals surface area (Å²) in [5, 5.41) is 13.5. The van der Waals surface area contributed by atoms with Crippen LogP contribution in [0, 0.1) is 0 Å². The molecule has 0 fully saturated rings. The van der Waals surface area contributed by atoms with Crippen molar-refractivity contribution in [2.24, 2.45) is 4.99 Å². The minimum Gasteiger partial charge on any atom is -0.469 e. The van der Waals surface area contributed by atoms with Crippen molar-refractivity contribution < 1.29 is 14.7 Å². The van der Waals surface area contributed by atoms with Crippen LogP contribution in [0.1, 0.15) is 32.8 Å². The van der Waals surface area contributed by atoms with Crippen LogP contribution in [0.25, 0.3) is 0 Å². The molecule has 0 saturated carbocycles. The molecule has 1 aromatic rings. The zero-order valence-corrected chi connectivity index (χ0v) is 12.2. The van der Waals surface area contributed by atoms with Crippen molar-refractivity contribution in [1.82, 2.24) is 5.06 Å². The van der Waals surface area contributed by atoms with Crippen molar-refractivity contribution in [1.29, 1.82) is 0 Å². The molecule has 1 aromatic carbocycles. The first-order valence-electron chi connectivity index (χ1n) is 6.51. The van der Waals surface area contributed by atoms with Crippen molar-refractivity contribution >= 4 is 11.7 Å². The summed E-state index contributed by atoms with van der Waals surface area (Å²) in [5.41, 5.74) is -0.322. The molecular formula is C15H19N2O3. The average molecular weight is 275 g/mol. The summed E-state index contributed by atoms with van der Waals surface area (Å²) in [7, 11) is 1.31. The summed E-state index contributed by atoms with van der Waals surface area (Å²) in [6.07, 6.45) is -0.0627. The van der Waals surface area contributed by atoms with Gasteiger partial charge in [0, 0.05) is 0 Å². The number of methoxy groups -OCH3 is 1. The molecule has 0 spiro atoms. The standard InChI is InChI=1S/C15H19N2O3/c1-14(2)13(11-8-6-5-7-9-11)16-15(3,17(14)19)10-12(18)20-4/h5-9H,10H2,1-4H3. The number of hydrogen-bond donors (Lipinski definition) is 0. The van der Waals surface area contributed by atoms with E-state index in [0.717, 1.165) is 10.6 Å². The fourth-order valence-corrected chi connectivity index (χ4v) is 2.59. The molecule has 1 unspecified atom stereocenters. The van der Waals surface area contributed by atoms with E-state index in [0.29, 0.717) is 5.71 Å². The molecule has 20 heavy (non-hydrogen) atoms. The Balaban J connectivity index is 2.43. The summed E-state index contributed by atoms with van der Waals surface area (Å²) in [6, 6.07) is 9.54. The monoisotopic (exact) mass is 275 g/mol. The average Bonchev–Trinajstić information content (AvgIpc) is 2.61. The zero-order valence-electron chi connectivity index (χ0n) is 12.2. The van der Waals surface area contributed by atoms with Gasteiger partial charge >= 0.3 is 5.97 Å². The number of rotatable bonds is 3. The Morgan fingerprint density at radius 3 is 2.40 bits per heavy atom. The van der Waals surface area contributed by atoms with Gasteiger partial charge in [-0.1, -0.05) is 30.3 Å². The van der Waals surface area contributed by atoms with Gasteiger partial charge in [0.1, 0.15) is 5.66 Å². The van der Waals surface area contributed by atoms with Gasteiger partial charge in [-0.15, -0.1) is 10.3 Å². The summed E-state index contributed by atoms with van der Waals surface area (Å²) < 4.78 is 4.66. The van der Waals surface area contributed by atoms with Gasteiger partial charge in [-0.3, -0.25) is 9.79 Å². The van der Waals surface area contributed by atoms with Crippen LogP contribution < -0.4 is 0 Å². The maximum absolute atomic E-state index is 12.6. The molecule has 0 bridgehead atoms. The summed E-state index contributed by atoms with van der Waals surface area (Å²) >= 11 is 0. The molecule has 107 valence electrons. The van der Waals surface area contributed by atoms with Gasteiger partial charge < -0.3 is 4.74 Å². The molecule has 0 amide bonds. The first-order chi connectivity index (χ1) is 9.31. The third kappa shape index (κ3) is 2.34. The van der Waals surface area contributed by atoms with E-state index in [1.165, 1.54) is 7.11 Å². The Morgan fingerprint density at radius 1 is 1.25 bits per heavy atom. The van der Waals surface area contributed by atoms with Crippen molar-refractivity contribution in [2.75, 3.05) is 7.11 Å². The third-order valence-corrected chi connectivity index (χ3v) is 3.63. The summed E-state index contributed by atoms with van der Waals surface area (Å²) in [4.78, 5) is 16.1. The fraction of sp³-hybridized carbons (Fsp3) is 0.467. The minimum atomic E-state index is -1.12. The molecule has 1 heterocycles. The lowest BCUT2D eigenvalue weighted by Gasteiger charge is -2.33. The number of hydrogen-bond acceptors (Lipinski definition) is 4. The van der Waals surface area contributed by atoms with Crippen LogP contribution in [0.5, 0.6) is 0 Å². The van der Waals surface area contributed by atoms with Crippen LogP contribution in [-0.2, 0) is 14.7 Å². The molecular weight excluding hydrogens is 256 g/mol. The number of nitrogens with zero attached hydrogens (tertiary/aromatic N) is 2. The highest BCUT2D eigenvalue weighted by Gasteiger charge is 2.52. The van der Waals surface area contributed by atoms with Crippen molar-refractivity contribution in [3.8, 4) is 0 Å². The normalized spacial score (nSPS) is 25.4. The largest absolute Gasteiger partial charge is 0.469 e. The van der Waals surface area contributed by atoms with E-state index in [9.17, 15) is 10.0 Å². The lowest BCUT2D eigenvalue weighted by atomic mass is 9.92. The van der Waals surface area contributed by atoms with E-state index in [4.69, 9.17) is 0 Å². The van der Waals surface area contributed by atoms with Crippen molar-refractivity contribution in [2.45, 2.75) is 38.4 Å². The summed E-state index contributed by atoms with van der Waals surface area (Å²) in [5.74, 6) is -0.442. The number of esters is 1. The first kappa shape index (κ1) is 14.7. The second kappa shape index (κ2) is 5.00. The number of benzene rings is 1. The molecule has 1 aliphatic rings. The zero-order chi connectivity index (χ0) is 15.0. The number of ether oxygens (including phenoxy) is 1. The Kier molecular flexibility index (Phi) is 3.67. The van der Waals surface area contributed by atoms with Crippen LogP contribution >= 0.6 is 0 Å². The summed E-state index contributed by atoms with van der Waals surface area (Å²) in [6.45, 7) is 5.29. The van der Waals surface area contributed by atoms with E-state index in [-0.39, 0.29) is 6.42 Å². The Morgan fingerprint density at radius 2 is 1.85 bits per heavy atom. The van der Waals surface area contributed by atoms with Gasteiger partial charge in [-0.2, -0.15) is 0 Å². The Bertz CT molecular complexity index is 539. The van der Waals surface area contributed by atoms with Gasteiger partial charge in [0.15, 0.2) is 0 Å². The van der Waals surface area contributed by atoms with Gasteiger partial charge in [0.25, 0.3) is 0 Å². The van der Waals surface area contributed by atoms with Crippen LogP contribution in [-0.4, -0.2) is 35.1 Å². The maximum Gasteiger partial charge on any atom is 0.309 e. The highest BCUT2D eigenvalue weighted by atomic mass is 16.5. The smallest absolute Gasteiger partial charge is 0.309 e. The second-order valence-electron chi connectivity index (χ2n) is 5.65. The topological polar surface area (TPSA) is 61.8 Å². The van der Waals surface area contributed by atoms with Gasteiger partial charge in [0.05, 0.1) is 24.8 Å². The number of carbonyl (C=O) groups excluding carboxylic acids is 1. The van der Waals surface area contributed by atoms with E-state index in [2.05, 4.69) is 9.73 Å². The highest BCUT2D eigenvalue weighted by molar-refractivity contribution is 6.08. The molecule has 0 aliphatic carbocycles. The van der Waals surface area contributed by atoms with E-state index in [1.807, 2.05) is 44.2 Å². The predicted molar refractivity (Wildman–Crippen MR) is 74.6 cm³/mol. The van der Waals surface area contributed by atoms with Crippen molar-refractivity contribution in [3.63, 3.8) is 0 Å². The SMILES string of the molecule is COC(=O)CC1(C)N=C(c2ccccc2)C(C)(C)N1[O]. The number of hydroxylamine groups is 2. The van der Waals surface area contributed by atoms with Crippen LogP contribution in [0.2, 0.25) is 0 Å². The third-order valence-electron chi connectivity index (χ3n) is 3.63. The first-order valence-corrected chi connectivity index (χ1v) is 6.51. The maximum atomic E-state index is 12.6. The molecule has 1 atom stereocenters. The molecule has 2 rings (SSSR count). The number of aliphatic imine (C=N–C) groups is 1. The Labute approximate surface area is 118 Å². The second-order valence-corrected chi connectivity index (χ2v) is 5.65. The molecule has 0 aromatic heterocycles. The molecule has 5 nitrogen and oxygen atoms in total. The van der Waals surface area contributed by atoms with E-state index < -0.39 is 17.2 Å². The van der Waals surface area contributed by atoms with Gasteiger partial charge in [-0.05, 0) is 26.3 Å². The van der Waals surface area contributed by atoms with Crippen LogP contribution in [0.4, 0.5) is 0 Å². The molecule has 1 aliphatic heterocycles. The minimum absolute atomic E-state index is 0.0627. The fourth-order valence-electron chi connectivity index (χ4n) is 2.59. The number of carbonyl (C=O) groups is 1. The van der Waals surface area contributed by atoms with E-state index in [1.54, 1.807) is 6.92 Å². The lowest BCUT2D eigenvalue weighted by Crippen LogP contribution is -2.51. The van der Waals surface area contributed by atoms with Crippen LogP contribution in [0.15, 0.2) is 35.3 Å². The quantitative estimate of drug-likeness (QED) is 0.794. The molecule has 0 N–H and O–H groups in total. The van der Waals surface area contributed by atoms with Gasteiger partial charge in [0.2, 0.25) is 0 Å². The molecule has 5 heteroatoms. The van der Waals surface area contributed by atoms with Crippen LogP contribution in [0.3, 0.4) is 0 Å². The van der Waals surface area contributed by atoms with E-state index >= 15 is 0 Å². The highest BCUT2D eigenvalue weighted by Crippen LogP contribution is 2.38. The Hall–Kier alpha value is -1.72. The van der Waals surface area contributed by atoms with Crippen molar-refractivity contribution in [3.05, 3.63) is 35.9 Å². The predicted octanol–water partition coefficient (Wildman–Crippen LogP) is 2.19. The lowest BCUT2D eigenvalue weighted by molar-refractivity contribution is -0.248. The van der Waals surface area contributed by atoms with Gasteiger partial charge in [-0.25, -0.2) is 0 Å². The molecule has 0 saturated heterocycles. The molecule has 1 radical (unpaired) electrons.